The number of carbonyl (C=O) groups excluding carboxylic acids is 1. The zero-order valence-corrected chi connectivity index (χ0v) is 8.08. The van der Waals surface area contributed by atoms with Crippen molar-refractivity contribution in [1.29, 1.82) is 0 Å². The molecule has 1 saturated heterocycles. The maximum atomic E-state index is 11.5. The summed E-state index contributed by atoms with van der Waals surface area (Å²) in [6.07, 6.45) is 1.32. The number of aromatic amines is 2. The summed E-state index contributed by atoms with van der Waals surface area (Å²) in [6.45, 7) is 0.842. The molecule has 3 N–H and O–H groups in total. The fourth-order valence-electron chi connectivity index (χ4n) is 1.46. The molecule has 7 nitrogen and oxygen atoms in total. The quantitative estimate of drug-likeness (QED) is 0.591. The van der Waals surface area contributed by atoms with Gasteiger partial charge in [0.1, 0.15) is 11.9 Å². The Labute approximate surface area is 85.2 Å². The molecule has 0 spiro atoms. The lowest BCUT2D eigenvalue weighted by Crippen LogP contribution is -2.33. The fraction of sp³-hybridized carbons (Fsp3) is 0.625. The lowest BCUT2D eigenvalue weighted by Gasteiger charge is -2.08. The Hall–Kier alpha value is -1.63. The zero-order valence-electron chi connectivity index (χ0n) is 8.08. The normalized spacial score (nSPS) is 20.4. The van der Waals surface area contributed by atoms with E-state index in [0.717, 1.165) is 12.8 Å². The van der Waals surface area contributed by atoms with E-state index in [9.17, 15) is 9.59 Å². The zero-order chi connectivity index (χ0) is 10.7. The van der Waals surface area contributed by atoms with E-state index in [-0.39, 0.29) is 24.2 Å². The largest absolute Gasteiger partial charge is 0.368 e. The summed E-state index contributed by atoms with van der Waals surface area (Å²) in [5, 5.41) is 8.52. The van der Waals surface area contributed by atoms with Crippen LogP contribution < -0.4 is 11.0 Å². The van der Waals surface area contributed by atoms with Gasteiger partial charge in [-0.2, -0.15) is 5.10 Å². The summed E-state index contributed by atoms with van der Waals surface area (Å²) < 4.78 is 5.20. The van der Waals surface area contributed by atoms with Crippen molar-refractivity contribution in [3.63, 3.8) is 0 Å². The molecule has 1 unspecified atom stereocenters. The molecule has 2 rings (SSSR count). The molecule has 0 aromatic carbocycles. The molecule has 1 aliphatic heterocycles. The molecular weight excluding hydrogens is 200 g/mol. The maximum absolute atomic E-state index is 11.5. The number of hydrogen-bond donors (Lipinski definition) is 3. The van der Waals surface area contributed by atoms with Crippen molar-refractivity contribution < 1.29 is 9.53 Å². The number of nitrogens with zero attached hydrogens (tertiary/aromatic N) is 1. The summed E-state index contributed by atoms with van der Waals surface area (Å²) in [4.78, 5) is 24.6. The first-order valence-electron chi connectivity index (χ1n) is 4.78. The van der Waals surface area contributed by atoms with Crippen molar-refractivity contribution in [2.75, 3.05) is 6.61 Å². The molecule has 1 fully saturated rings. The van der Waals surface area contributed by atoms with Crippen LogP contribution in [-0.4, -0.2) is 33.8 Å². The van der Waals surface area contributed by atoms with Crippen LogP contribution in [0.5, 0.6) is 0 Å². The molecule has 82 valence electrons. The van der Waals surface area contributed by atoms with Crippen molar-refractivity contribution in [2.45, 2.75) is 25.5 Å². The molecule has 2 heterocycles. The molecule has 15 heavy (non-hydrogen) atoms. The number of ether oxygens (including phenoxy) is 1. The molecule has 7 heteroatoms. The van der Waals surface area contributed by atoms with E-state index in [0.29, 0.717) is 12.4 Å². The Balaban J connectivity index is 1.82. The van der Waals surface area contributed by atoms with Crippen LogP contribution in [0.3, 0.4) is 0 Å². The molecular formula is C8H12N4O3. The minimum absolute atomic E-state index is 0.156. The van der Waals surface area contributed by atoms with Crippen LogP contribution in [0.4, 0.5) is 0 Å². The van der Waals surface area contributed by atoms with E-state index in [1.165, 1.54) is 0 Å². The molecule has 1 aromatic rings. The molecule has 1 amide bonds. The Morgan fingerprint density at radius 3 is 3.13 bits per heavy atom. The number of H-pyrrole nitrogens is 2. The van der Waals surface area contributed by atoms with Gasteiger partial charge in [-0.05, 0) is 12.8 Å². The van der Waals surface area contributed by atoms with Gasteiger partial charge in [-0.25, -0.2) is 9.89 Å². The lowest BCUT2D eigenvalue weighted by molar-refractivity contribution is -0.130. The van der Waals surface area contributed by atoms with E-state index in [1.54, 1.807) is 0 Å². The number of carbonyl (C=O) groups is 1. The third kappa shape index (κ3) is 2.44. The first-order chi connectivity index (χ1) is 7.25. The third-order valence-electron chi connectivity index (χ3n) is 2.20. The van der Waals surface area contributed by atoms with E-state index in [4.69, 9.17) is 4.74 Å². The second-order valence-corrected chi connectivity index (χ2v) is 3.34. The Morgan fingerprint density at radius 2 is 2.53 bits per heavy atom. The van der Waals surface area contributed by atoms with Gasteiger partial charge in [0.05, 0.1) is 6.54 Å². The Morgan fingerprint density at radius 1 is 1.67 bits per heavy atom. The van der Waals surface area contributed by atoms with Gasteiger partial charge < -0.3 is 10.1 Å². The fourth-order valence-corrected chi connectivity index (χ4v) is 1.46. The smallest absolute Gasteiger partial charge is 0.340 e. The van der Waals surface area contributed by atoms with Crippen LogP contribution in [0.25, 0.3) is 0 Å². The van der Waals surface area contributed by atoms with Crippen LogP contribution in [0.15, 0.2) is 4.79 Å². The predicted octanol–water partition coefficient (Wildman–Crippen LogP) is -1.11. The van der Waals surface area contributed by atoms with Crippen molar-refractivity contribution in [2.24, 2.45) is 0 Å². The van der Waals surface area contributed by atoms with Gasteiger partial charge in [-0.3, -0.25) is 9.78 Å². The monoisotopic (exact) mass is 212 g/mol. The van der Waals surface area contributed by atoms with Gasteiger partial charge in [0.2, 0.25) is 5.91 Å². The molecule has 1 aromatic heterocycles. The van der Waals surface area contributed by atoms with Crippen molar-refractivity contribution in [1.82, 2.24) is 20.5 Å². The summed E-state index contributed by atoms with van der Waals surface area (Å²) in [5.74, 6) is 0.252. The molecule has 1 aliphatic rings. The topological polar surface area (TPSA) is 99.9 Å². The van der Waals surface area contributed by atoms with Crippen molar-refractivity contribution >= 4 is 5.91 Å². The minimum atomic E-state index is -0.378. The van der Waals surface area contributed by atoms with Gasteiger partial charge in [-0.15, -0.1) is 0 Å². The Kier molecular flexibility index (Phi) is 2.82. The van der Waals surface area contributed by atoms with Gasteiger partial charge in [0.25, 0.3) is 0 Å². The van der Waals surface area contributed by atoms with Gasteiger partial charge in [0.15, 0.2) is 0 Å². The van der Waals surface area contributed by atoms with Crippen LogP contribution in [-0.2, 0) is 16.1 Å². The van der Waals surface area contributed by atoms with Gasteiger partial charge in [0, 0.05) is 6.61 Å². The van der Waals surface area contributed by atoms with Crippen LogP contribution in [0.2, 0.25) is 0 Å². The standard InChI is InChI=1S/C8H12N4O3/c13-7(5-2-1-3-15-5)9-4-6-10-8(14)12-11-6/h5H,1-4H2,(H,9,13)(H2,10,11,12,14). The van der Waals surface area contributed by atoms with Crippen molar-refractivity contribution in [3.05, 3.63) is 16.3 Å². The lowest BCUT2D eigenvalue weighted by atomic mass is 10.2. The van der Waals surface area contributed by atoms with E-state index in [2.05, 4.69) is 20.5 Å². The highest BCUT2D eigenvalue weighted by Gasteiger charge is 2.23. The van der Waals surface area contributed by atoms with Gasteiger partial charge in [-0.1, -0.05) is 0 Å². The highest BCUT2D eigenvalue weighted by molar-refractivity contribution is 5.80. The van der Waals surface area contributed by atoms with Gasteiger partial charge >= 0.3 is 5.69 Å². The molecule has 0 aliphatic carbocycles. The van der Waals surface area contributed by atoms with Crippen molar-refractivity contribution in [3.8, 4) is 0 Å². The number of amides is 1. The highest BCUT2D eigenvalue weighted by atomic mass is 16.5. The van der Waals surface area contributed by atoms with E-state index in [1.807, 2.05) is 0 Å². The van der Waals surface area contributed by atoms with Crippen LogP contribution >= 0.6 is 0 Å². The second-order valence-electron chi connectivity index (χ2n) is 3.34. The van der Waals surface area contributed by atoms with E-state index < -0.39 is 0 Å². The number of hydrogen-bond acceptors (Lipinski definition) is 4. The minimum Gasteiger partial charge on any atom is -0.368 e. The molecule has 1 atom stereocenters. The molecule has 0 bridgehead atoms. The second kappa shape index (κ2) is 4.26. The van der Waals surface area contributed by atoms with Crippen LogP contribution in [0, 0.1) is 0 Å². The average molecular weight is 212 g/mol. The van der Waals surface area contributed by atoms with E-state index >= 15 is 0 Å². The summed E-state index contributed by atoms with van der Waals surface area (Å²) in [7, 11) is 0. The number of aromatic nitrogens is 3. The molecule has 0 saturated carbocycles. The maximum Gasteiger partial charge on any atom is 0.340 e. The summed E-state index contributed by atoms with van der Waals surface area (Å²) in [5.41, 5.74) is -0.378. The third-order valence-corrected chi connectivity index (χ3v) is 2.20. The number of nitrogens with one attached hydrogen (secondary N) is 3. The van der Waals surface area contributed by atoms with Crippen LogP contribution in [0.1, 0.15) is 18.7 Å². The average Bonchev–Trinajstić information content (AvgIpc) is 2.84. The summed E-state index contributed by atoms with van der Waals surface area (Å²) >= 11 is 0. The first-order valence-corrected chi connectivity index (χ1v) is 4.78. The highest BCUT2D eigenvalue weighted by Crippen LogP contribution is 2.11. The number of rotatable bonds is 3. The SMILES string of the molecule is O=C(NCc1n[nH]c(=O)[nH]1)C1CCCO1. The summed E-state index contributed by atoms with van der Waals surface area (Å²) in [6, 6.07) is 0. The Bertz CT molecular complexity index is 391. The molecule has 0 radical (unpaired) electrons. The first kappa shape index (κ1) is 9.91. The predicted molar refractivity (Wildman–Crippen MR) is 50.0 cm³/mol.